The molecule has 0 amide bonds. The minimum Gasteiger partial charge on any atom is -0.393 e. The third kappa shape index (κ3) is 4.98. The van der Waals surface area contributed by atoms with Gasteiger partial charge in [-0.2, -0.15) is 11.8 Å². The largest absolute Gasteiger partial charge is 0.393 e. The molecule has 0 heterocycles. The number of aliphatic hydroxyl groups is 3. The summed E-state index contributed by atoms with van der Waals surface area (Å²) in [4.78, 5) is 0. The van der Waals surface area contributed by atoms with Crippen molar-refractivity contribution in [1.82, 2.24) is 0 Å². The topological polar surface area (TPSA) is 60.7 Å². The highest BCUT2D eigenvalue weighted by Gasteiger charge is 2.44. The second-order valence-corrected chi connectivity index (χ2v) is 10.8. The predicted octanol–water partition coefficient (Wildman–Crippen LogP) is 5.33. The molecule has 0 unspecified atom stereocenters. The Hall–Kier alpha value is -0.810. The van der Waals surface area contributed by atoms with Crippen molar-refractivity contribution in [3.63, 3.8) is 0 Å². The fraction of sp³-hybridized carbons (Fsp3) is 0.692. The Labute approximate surface area is 187 Å². The summed E-state index contributed by atoms with van der Waals surface area (Å²) in [6.45, 7) is 10.6. The normalized spacial score (nSPS) is 35.1. The van der Waals surface area contributed by atoms with Crippen molar-refractivity contribution in [2.24, 2.45) is 11.3 Å². The average molecular weight is 433 g/mol. The van der Waals surface area contributed by atoms with Crippen LogP contribution >= 0.6 is 11.8 Å². The van der Waals surface area contributed by atoms with Crippen molar-refractivity contribution in [1.29, 1.82) is 0 Å². The van der Waals surface area contributed by atoms with E-state index in [1.807, 2.05) is 11.8 Å². The summed E-state index contributed by atoms with van der Waals surface area (Å²) in [5.74, 6) is 2.36. The van der Waals surface area contributed by atoms with E-state index in [1.54, 1.807) is 5.57 Å². The summed E-state index contributed by atoms with van der Waals surface area (Å²) in [5, 5.41) is 30.7. The van der Waals surface area contributed by atoms with E-state index in [1.165, 1.54) is 18.4 Å². The Morgan fingerprint density at radius 1 is 1.27 bits per heavy atom. The van der Waals surface area contributed by atoms with Crippen LogP contribution in [-0.4, -0.2) is 44.6 Å². The molecule has 0 bridgehead atoms. The second kappa shape index (κ2) is 9.77. The zero-order valence-corrected chi connectivity index (χ0v) is 19.8. The average Bonchev–Trinajstić information content (AvgIpc) is 3.06. The maximum Gasteiger partial charge on any atom is 0.0811 e. The van der Waals surface area contributed by atoms with E-state index < -0.39 is 17.8 Å². The molecule has 0 aromatic carbocycles. The first-order chi connectivity index (χ1) is 14.2. The Morgan fingerprint density at radius 3 is 2.70 bits per heavy atom. The van der Waals surface area contributed by atoms with E-state index in [4.69, 9.17) is 0 Å². The molecular weight excluding hydrogens is 392 g/mol. The van der Waals surface area contributed by atoms with Crippen LogP contribution in [-0.2, 0) is 0 Å². The monoisotopic (exact) mass is 432 g/mol. The van der Waals surface area contributed by atoms with Gasteiger partial charge in [0.2, 0.25) is 0 Å². The maximum atomic E-state index is 10.6. The van der Waals surface area contributed by atoms with Gasteiger partial charge >= 0.3 is 0 Å². The van der Waals surface area contributed by atoms with Gasteiger partial charge in [-0.05, 0) is 67.4 Å². The van der Waals surface area contributed by atoms with E-state index >= 15 is 0 Å². The summed E-state index contributed by atoms with van der Waals surface area (Å²) in [7, 11) is 0. The molecule has 4 atom stereocenters. The minimum atomic E-state index is -0.628. The van der Waals surface area contributed by atoms with E-state index in [0.717, 1.165) is 48.3 Å². The third-order valence-electron chi connectivity index (χ3n) is 7.92. The van der Waals surface area contributed by atoms with Crippen LogP contribution in [0.15, 0.2) is 47.1 Å². The number of aliphatic hydroxyl groups excluding tert-OH is 2. The molecule has 0 aromatic heterocycles. The molecule has 168 valence electrons. The van der Waals surface area contributed by atoms with Gasteiger partial charge in [0.05, 0.1) is 17.8 Å². The van der Waals surface area contributed by atoms with Gasteiger partial charge in [0.1, 0.15) is 0 Å². The Balaban J connectivity index is 1.68. The summed E-state index contributed by atoms with van der Waals surface area (Å²) in [6.07, 6.45) is 13.0. The molecule has 4 heteroatoms. The van der Waals surface area contributed by atoms with Crippen molar-refractivity contribution >= 4 is 11.8 Å². The van der Waals surface area contributed by atoms with Gasteiger partial charge < -0.3 is 15.3 Å². The van der Waals surface area contributed by atoms with Crippen LogP contribution in [0.5, 0.6) is 0 Å². The van der Waals surface area contributed by atoms with Crippen molar-refractivity contribution in [3.8, 4) is 0 Å². The number of hydrogen-bond acceptors (Lipinski definition) is 4. The van der Waals surface area contributed by atoms with E-state index in [9.17, 15) is 15.3 Å². The van der Waals surface area contributed by atoms with Gasteiger partial charge in [0, 0.05) is 17.9 Å². The first-order valence-electron chi connectivity index (χ1n) is 11.7. The molecule has 3 aliphatic rings. The lowest BCUT2D eigenvalue weighted by atomic mass is 9.64. The zero-order valence-electron chi connectivity index (χ0n) is 19.0. The number of fused-ring (bicyclic) bond motifs is 1. The molecule has 30 heavy (non-hydrogen) atoms. The standard InChI is InChI=1S/C26H40O3S/c1-5-26(29,6-2)17-30-16-21-11-12-23-19(8-7-13-25(21,23)4)9-10-20-14-22(27)15-24(28)18(20)3/h9-11,22-24,27-29H,3,5-8,12-17H2,1-2,4H3/t22-,23+,24+,25-/m1/s1. The molecule has 0 spiro atoms. The van der Waals surface area contributed by atoms with E-state index in [-0.39, 0.29) is 5.41 Å². The van der Waals surface area contributed by atoms with Gasteiger partial charge in [-0.25, -0.2) is 0 Å². The van der Waals surface area contributed by atoms with Crippen molar-refractivity contribution < 1.29 is 15.3 Å². The Morgan fingerprint density at radius 2 is 2.00 bits per heavy atom. The number of hydrogen-bond donors (Lipinski definition) is 3. The number of allylic oxidation sites excluding steroid dienone is 4. The number of thioether (sulfide) groups is 1. The molecule has 3 nitrogen and oxygen atoms in total. The molecule has 0 saturated heterocycles. The van der Waals surface area contributed by atoms with Crippen LogP contribution in [0.4, 0.5) is 0 Å². The van der Waals surface area contributed by atoms with E-state index in [2.05, 4.69) is 45.6 Å². The molecule has 2 saturated carbocycles. The molecule has 3 rings (SSSR count). The molecular formula is C26H40O3S. The molecule has 3 N–H and O–H groups in total. The lowest BCUT2D eigenvalue weighted by Gasteiger charge is -2.41. The third-order valence-corrected chi connectivity index (χ3v) is 9.18. The van der Waals surface area contributed by atoms with Gasteiger partial charge in [-0.15, -0.1) is 0 Å². The van der Waals surface area contributed by atoms with Crippen LogP contribution in [0.2, 0.25) is 0 Å². The van der Waals surface area contributed by atoms with Crippen molar-refractivity contribution in [3.05, 3.63) is 47.1 Å². The Kier molecular flexibility index (Phi) is 7.76. The van der Waals surface area contributed by atoms with Crippen molar-refractivity contribution in [2.45, 2.75) is 89.9 Å². The van der Waals surface area contributed by atoms with Crippen LogP contribution in [0.1, 0.15) is 72.1 Å². The second-order valence-electron chi connectivity index (χ2n) is 9.78. The maximum absolute atomic E-state index is 10.6. The van der Waals surface area contributed by atoms with Crippen LogP contribution in [0.3, 0.4) is 0 Å². The highest BCUT2D eigenvalue weighted by Crippen LogP contribution is 2.55. The number of rotatable bonds is 7. The van der Waals surface area contributed by atoms with Gasteiger partial charge in [-0.1, -0.05) is 56.7 Å². The minimum absolute atomic E-state index is 0.217. The molecule has 0 aliphatic heterocycles. The summed E-state index contributed by atoms with van der Waals surface area (Å²) >= 11 is 1.88. The molecule has 2 fully saturated rings. The smallest absolute Gasteiger partial charge is 0.0811 e. The van der Waals surface area contributed by atoms with Gasteiger partial charge in [0.15, 0.2) is 0 Å². The zero-order chi connectivity index (χ0) is 21.9. The van der Waals surface area contributed by atoms with Crippen LogP contribution in [0.25, 0.3) is 0 Å². The first kappa shape index (κ1) is 23.8. The summed E-state index contributed by atoms with van der Waals surface area (Å²) in [5.41, 5.74) is 4.48. The first-order valence-corrected chi connectivity index (χ1v) is 12.8. The summed E-state index contributed by atoms with van der Waals surface area (Å²) in [6, 6.07) is 0. The lowest BCUT2D eigenvalue weighted by molar-refractivity contribution is 0.0572. The molecule has 3 aliphatic carbocycles. The summed E-state index contributed by atoms with van der Waals surface area (Å²) < 4.78 is 0. The van der Waals surface area contributed by atoms with Gasteiger partial charge in [-0.3, -0.25) is 0 Å². The Bertz CT molecular complexity index is 731. The molecule has 0 radical (unpaired) electrons. The fourth-order valence-corrected chi connectivity index (χ4v) is 6.96. The van der Waals surface area contributed by atoms with Gasteiger partial charge in [0.25, 0.3) is 0 Å². The van der Waals surface area contributed by atoms with Crippen LogP contribution < -0.4 is 0 Å². The highest BCUT2D eigenvalue weighted by molar-refractivity contribution is 7.99. The van der Waals surface area contributed by atoms with Crippen molar-refractivity contribution in [2.75, 3.05) is 11.5 Å². The highest BCUT2D eigenvalue weighted by atomic mass is 32.2. The quantitative estimate of drug-likeness (QED) is 0.476. The molecule has 0 aromatic rings. The predicted molar refractivity (Wildman–Crippen MR) is 128 cm³/mol. The lowest BCUT2D eigenvalue weighted by Crippen LogP contribution is -2.32. The fourth-order valence-electron chi connectivity index (χ4n) is 5.40. The van der Waals surface area contributed by atoms with Crippen LogP contribution in [0, 0.1) is 11.3 Å². The SMILES string of the molecule is C=C1C(=CC=C2CCC[C@]3(C)C(CSCC(O)(CC)CC)=CC[C@@H]23)C[C@@H](O)C[C@@H]1O. The van der Waals surface area contributed by atoms with E-state index in [0.29, 0.717) is 18.8 Å².